The predicted molar refractivity (Wildman–Crippen MR) is 74.1 cm³/mol. The molecule has 0 aliphatic carbocycles. The monoisotopic (exact) mass is 290 g/mol. The number of aliphatic imine (C=N–C) groups is 1. The van der Waals surface area contributed by atoms with Crippen LogP contribution < -0.4 is 0 Å². The van der Waals surface area contributed by atoms with Crippen LogP contribution in [0.25, 0.3) is 10.4 Å². The van der Waals surface area contributed by atoms with Gasteiger partial charge < -0.3 is 9.80 Å². The summed E-state index contributed by atoms with van der Waals surface area (Å²) in [6.07, 6.45) is 3.41. The molecule has 0 atom stereocenters. The number of nitriles is 1. The highest BCUT2D eigenvalue weighted by molar-refractivity contribution is 6.31. The van der Waals surface area contributed by atoms with Crippen molar-refractivity contribution in [2.24, 2.45) is 10.1 Å². The summed E-state index contributed by atoms with van der Waals surface area (Å²) in [6, 6.07) is 1.68. The number of likely N-dealkylation sites (N-methyl/N-ethyl adjacent to an activating group) is 1. The average Bonchev–Trinajstić information content (AvgIpc) is 2.76. The maximum Gasteiger partial charge on any atom is 0.212 e. The Morgan fingerprint density at radius 1 is 1.60 bits per heavy atom. The Kier molecular flexibility index (Phi) is 4.25. The Hall–Kier alpha value is -2.49. The number of hydrogen-bond donors (Lipinski definition) is 0. The third-order valence-corrected chi connectivity index (χ3v) is 3.17. The zero-order chi connectivity index (χ0) is 14.5. The largest absolute Gasteiger partial charge is 0.343 e. The third-order valence-electron chi connectivity index (χ3n) is 2.88. The van der Waals surface area contributed by atoms with Crippen LogP contribution in [0, 0.1) is 11.5 Å². The highest BCUT2D eigenvalue weighted by atomic mass is 35.5. The number of aromatic nitrogens is 1. The molecule has 0 spiro atoms. The Morgan fingerprint density at radius 2 is 2.40 bits per heavy atom. The van der Waals surface area contributed by atoms with E-state index in [2.05, 4.69) is 20.0 Å². The highest BCUT2D eigenvalue weighted by Crippen LogP contribution is 2.24. The minimum atomic E-state index is 0.163. The lowest BCUT2D eigenvalue weighted by Crippen LogP contribution is -2.30. The molecule has 1 aromatic rings. The minimum Gasteiger partial charge on any atom is -0.343 e. The van der Waals surface area contributed by atoms with E-state index in [0.717, 1.165) is 18.7 Å². The van der Waals surface area contributed by atoms with Crippen LogP contribution in [0.15, 0.2) is 22.4 Å². The molecule has 102 valence electrons. The second-order valence-corrected chi connectivity index (χ2v) is 4.56. The molecule has 2 heterocycles. The van der Waals surface area contributed by atoms with Gasteiger partial charge in [0.05, 0.1) is 5.69 Å². The topological polar surface area (TPSA) is 104 Å². The lowest BCUT2D eigenvalue weighted by atomic mass is 10.2. The van der Waals surface area contributed by atoms with Crippen molar-refractivity contribution in [3.05, 3.63) is 33.4 Å². The van der Waals surface area contributed by atoms with Crippen molar-refractivity contribution in [3.8, 4) is 6.19 Å². The average molecular weight is 291 g/mol. The number of rotatable bonds is 3. The molecule has 2 rings (SSSR count). The van der Waals surface area contributed by atoms with E-state index >= 15 is 0 Å². The van der Waals surface area contributed by atoms with Crippen LogP contribution in [0.3, 0.4) is 0 Å². The lowest BCUT2D eigenvalue weighted by Gasteiger charge is -2.19. The molecular weight excluding hydrogens is 280 g/mol. The Balaban J connectivity index is 2.22. The number of hydrogen-bond acceptors (Lipinski definition) is 4. The van der Waals surface area contributed by atoms with Gasteiger partial charge in [0.25, 0.3) is 0 Å². The molecule has 1 saturated heterocycles. The van der Waals surface area contributed by atoms with Gasteiger partial charge in [0.1, 0.15) is 5.15 Å². The van der Waals surface area contributed by atoms with Gasteiger partial charge in [-0.15, -0.1) is 4.99 Å². The molecular formula is C11H11ClN8. The Bertz CT molecular complexity index is 628. The summed E-state index contributed by atoms with van der Waals surface area (Å²) in [6.45, 7) is 2.07. The molecule has 9 heteroatoms. The quantitative estimate of drug-likeness (QED) is 0.280. The van der Waals surface area contributed by atoms with E-state index in [1.54, 1.807) is 18.5 Å². The number of nitrogens with zero attached hydrogens (tertiary/aromatic N) is 8. The van der Waals surface area contributed by atoms with Crippen molar-refractivity contribution >= 4 is 23.2 Å². The molecule has 0 N–H and O–H groups in total. The molecule has 1 fully saturated rings. The van der Waals surface area contributed by atoms with E-state index in [-0.39, 0.29) is 10.8 Å². The summed E-state index contributed by atoms with van der Waals surface area (Å²) in [7, 11) is 1.88. The standard InChI is InChI=1S/C11H11ClN8/c1-19-2-3-20(11(19)16-7-13)6-8-4-9(17-18-14)10(12)15-5-8/h4-5H,2-3,6H2,1H3. The summed E-state index contributed by atoms with van der Waals surface area (Å²) in [5, 5.41) is 12.4. The summed E-state index contributed by atoms with van der Waals surface area (Å²) < 4.78 is 0. The molecule has 0 amide bonds. The molecule has 0 bridgehead atoms. The van der Waals surface area contributed by atoms with Crippen molar-refractivity contribution in [2.75, 3.05) is 20.1 Å². The molecule has 0 unspecified atom stereocenters. The summed E-state index contributed by atoms with van der Waals surface area (Å²) >= 11 is 5.83. The third kappa shape index (κ3) is 2.91. The van der Waals surface area contributed by atoms with Crippen molar-refractivity contribution in [2.45, 2.75) is 6.54 Å². The van der Waals surface area contributed by atoms with E-state index < -0.39 is 0 Å². The zero-order valence-corrected chi connectivity index (χ0v) is 11.5. The normalized spacial score (nSPS) is 16.1. The first kappa shape index (κ1) is 13.9. The van der Waals surface area contributed by atoms with Crippen LogP contribution in [0.4, 0.5) is 5.69 Å². The Morgan fingerprint density at radius 3 is 3.10 bits per heavy atom. The van der Waals surface area contributed by atoms with Gasteiger partial charge in [0, 0.05) is 37.8 Å². The fraction of sp³-hybridized carbons (Fsp3) is 0.364. The van der Waals surface area contributed by atoms with Crippen molar-refractivity contribution < 1.29 is 0 Å². The van der Waals surface area contributed by atoms with Gasteiger partial charge >= 0.3 is 0 Å². The molecule has 1 aliphatic heterocycles. The first-order valence-corrected chi connectivity index (χ1v) is 6.16. The summed E-state index contributed by atoms with van der Waals surface area (Å²) in [4.78, 5) is 14.4. The smallest absolute Gasteiger partial charge is 0.212 e. The second-order valence-electron chi connectivity index (χ2n) is 4.20. The number of pyridine rings is 1. The minimum absolute atomic E-state index is 0.163. The SMILES string of the molecule is CN1CCN(Cc2cnc(Cl)c(N=[N+]=[N-])c2)C1=NC#N. The van der Waals surface area contributed by atoms with Gasteiger partial charge in [-0.25, -0.2) is 4.98 Å². The van der Waals surface area contributed by atoms with E-state index in [0.29, 0.717) is 12.5 Å². The van der Waals surface area contributed by atoms with Crippen LogP contribution in [-0.2, 0) is 6.54 Å². The molecule has 1 aromatic heterocycles. The van der Waals surface area contributed by atoms with Crippen molar-refractivity contribution in [1.82, 2.24) is 14.8 Å². The first-order valence-electron chi connectivity index (χ1n) is 5.78. The predicted octanol–water partition coefficient (Wildman–Crippen LogP) is 2.26. The molecule has 8 nitrogen and oxygen atoms in total. The fourth-order valence-corrected chi connectivity index (χ4v) is 2.11. The first-order chi connectivity index (χ1) is 9.65. The van der Waals surface area contributed by atoms with E-state index in [1.807, 2.05) is 16.8 Å². The molecule has 0 aromatic carbocycles. The molecule has 0 saturated carbocycles. The molecule has 0 radical (unpaired) electrons. The van der Waals surface area contributed by atoms with E-state index in [1.165, 1.54) is 0 Å². The van der Waals surface area contributed by atoms with Gasteiger partial charge in [0.15, 0.2) is 0 Å². The number of halogens is 1. The maximum absolute atomic E-state index is 8.70. The van der Waals surface area contributed by atoms with Gasteiger partial charge in [-0.1, -0.05) is 16.7 Å². The lowest BCUT2D eigenvalue weighted by molar-refractivity contribution is 0.456. The van der Waals surface area contributed by atoms with Crippen LogP contribution >= 0.6 is 11.6 Å². The molecule has 1 aliphatic rings. The van der Waals surface area contributed by atoms with Crippen molar-refractivity contribution in [3.63, 3.8) is 0 Å². The number of azide groups is 1. The number of guanidine groups is 1. The highest BCUT2D eigenvalue weighted by Gasteiger charge is 2.23. The van der Waals surface area contributed by atoms with Gasteiger partial charge in [-0.05, 0) is 17.2 Å². The van der Waals surface area contributed by atoms with E-state index in [4.69, 9.17) is 22.4 Å². The maximum atomic E-state index is 8.70. The summed E-state index contributed by atoms with van der Waals surface area (Å²) in [5.41, 5.74) is 9.59. The fourth-order valence-electron chi connectivity index (χ4n) is 1.97. The Labute approximate surface area is 120 Å². The van der Waals surface area contributed by atoms with Crippen LogP contribution in [0.1, 0.15) is 5.56 Å². The summed E-state index contributed by atoms with van der Waals surface area (Å²) in [5.74, 6) is 0.618. The van der Waals surface area contributed by atoms with Crippen LogP contribution in [0.5, 0.6) is 0 Å². The van der Waals surface area contributed by atoms with E-state index in [9.17, 15) is 0 Å². The van der Waals surface area contributed by atoms with Crippen LogP contribution in [-0.4, -0.2) is 40.9 Å². The van der Waals surface area contributed by atoms with Gasteiger partial charge in [-0.2, -0.15) is 5.26 Å². The second kappa shape index (κ2) is 6.10. The van der Waals surface area contributed by atoms with Gasteiger partial charge in [-0.3, -0.25) is 0 Å². The molecule has 20 heavy (non-hydrogen) atoms. The van der Waals surface area contributed by atoms with Crippen molar-refractivity contribution in [1.29, 1.82) is 5.26 Å². The zero-order valence-electron chi connectivity index (χ0n) is 10.7. The van der Waals surface area contributed by atoms with Crippen LogP contribution in [0.2, 0.25) is 5.15 Å². The van der Waals surface area contributed by atoms with Gasteiger partial charge in [0.2, 0.25) is 12.2 Å².